The highest BCUT2D eigenvalue weighted by atomic mass is 15.4. The van der Waals surface area contributed by atoms with Crippen LogP contribution in [0.25, 0.3) is 11.0 Å². The third kappa shape index (κ3) is 3.79. The minimum absolute atomic E-state index is 0.739. The summed E-state index contributed by atoms with van der Waals surface area (Å²) in [6.45, 7) is 8.43. The van der Waals surface area contributed by atoms with E-state index in [9.17, 15) is 0 Å². The van der Waals surface area contributed by atoms with Crippen LogP contribution in [0.1, 0.15) is 45.1 Å². The van der Waals surface area contributed by atoms with Crippen LogP contribution in [0.4, 0.5) is 0 Å². The Kier molecular flexibility index (Phi) is 5.53. The summed E-state index contributed by atoms with van der Waals surface area (Å²) in [6.07, 6.45) is 5.16. The van der Waals surface area contributed by atoms with Crippen LogP contribution in [-0.2, 0) is 6.67 Å². The average Bonchev–Trinajstić information content (AvgIpc) is 2.85. The summed E-state index contributed by atoms with van der Waals surface area (Å²) in [7, 11) is 0. The quantitative estimate of drug-likeness (QED) is 0.801. The Balaban J connectivity index is 1.90. The Bertz CT molecular complexity index is 532. The van der Waals surface area contributed by atoms with Crippen LogP contribution < -0.4 is 5.32 Å². The number of rotatable bonds is 8. The van der Waals surface area contributed by atoms with Gasteiger partial charge in [0.1, 0.15) is 5.52 Å². The molecule has 0 aliphatic rings. The first kappa shape index (κ1) is 15.0. The molecule has 0 fully saturated rings. The Labute approximate surface area is 121 Å². The Hall–Kier alpha value is -1.42. The maximum absolute atomic E-state index is 4.23. The summed E-state index contributed by atoms with van der Waals surface area (Å²) in [5, 5.41) is 11.9. The van der Waals surface area contributed by atoms with Gasteiger partial charge in [-0.05, 0) is 43.5 Å². The molecule has 1 heterocycles. The molecule has 2 rings (SSSR count). The van der Waals surface area contributed by atoms with Gasteiger partial charge in [0.05, 0.1) is 12.2 Å². The highest BCUT2D eigenvalue weighted by molar-refractivity contribution is 5.74. The van der Waals surface area contributed by atoms with Gasteiger partial charge in [0, 0.05) is 0 Å². The molecule has 2 aromatic rings. The van der Waals surface area contributed by atoms with Crippen LogP contribution in [0, 0.1) is 12.8 Å². The van der Waals surface area contributed by atoms with E-state index in [0.717, 1.165) is 30.2 Å². The van der Waals surface area contributed by atoms with Crippen molar-refractivity contribution in [2.75, 3.05) is 6.54 Å². The second-order valence-corrected chi connectivity index (χ2v) is 5.61. The summed E-state index contributed by atoms with van der Waals surface area (Å²) in [5.74, 6) is 0.770. The highest BCUT2D eigenvalue weighted by Crippen LogP contribution is 2.13. The Morgan fingerprint density at radius 3 is 2.90 bits per heavy atom. The van der Waals surface area contributed by atoms with Crippen molar-refractivity contribution in [3.05, 3.63) is 23.8 Å². The molecule has 1 aromatic heterocycles. The number of nitrogens with one attached hydrogen (secondary N) is 1. The monoisotopic (exact) mass is 274 g/mol. The van der Waals surface area contributed by atoms with E-state index >= 15 is 0 Å². The minimum Gasteiger partial charge on any atom is -0.298 e. The van der Waals surface area contributed by atoms with E-state index in [1.165, 1.54) is 31.2 Å². The fourth-order valence-electron chi connectivity index (χ4n) is 2.51. The standard InChI is InChI=1S/C16H26N4/c1-4-6-7-14(5-2)11-17-12-20-16-10-13(3)8-9-15(16)18-19-20/h8-10,14,17H,4-7,11-12H2,1-3H3. The molecule has 20 heavy (non-hydrogen) atoms. The maximum Gasteiger partial charge on any atom is 0.113 e. The summed E-state index contributed by atoms with van der Waals surface area (Å²) < 4.78 is 1.95. The van der Waals surface area contributed by atoms with Gasteiger partial charge >= 0.3 is 0 Å². The minimum atomic E-state index is 0.739. The molecule has 4 heteroatoms. The van der Waals surface area contributed by atoms with Gasteiger partial charge in [0.25, 0.3) is 0 Å². The van der Waals surface area contributed by atoms with Gasteiger partial charge in [-0.2, -0.15) is 0 Å². The molecule has 0 amide bonds. The van der Waals surface area contributed by atoms with Crippen molar-refractivity contribution in [3.63, 3.8) is 0 Å². The average molecular weight is 274 g/mol. The van der Waals surface area contributed by atoms with Crippen molar-refractivity contribution in [2.24, 2.45) is 5.92 Å². The summed E-state index contributed by atoms with van der Waals surface area (Å²) in [5.41, 5.74) is 3.32. The summed E-state index contributed by atoms with van der Waals surface area (Å²) >= 11 is 0. The van der Waals surface area contributed by atoms with Crippen molar-refractivity contribution in [3.8, 4) is 0 Å². The number of unbranched alkanes of at least 4 members (excludes halogenated alkanes) is 1. The molecule has 0 saturated heterocycles. The number of benzene rings is 1. The second-order valence-electron chi connectivity index (χ2n) is 5.61. The zero-order valence-electron chi connectivity index (χ0n) is 12.9. The van der Waals surface area contributed by atoms with E-state index in [2.05, 4.69) is 48.5 Å². The normalized spacial score (nSPS) is 12.9. The van der Waals surface area contributed by atoms with Crippen LogP contribution in [-0.4, -0.2) is 21.5 Å². The summed E-state index contributed by atoms with van der Waals surface area (Å²) in [6, 6.07) is 6.25. The molecule has 1 unspecified atom stereocenters. The molecule has 1 aromatic carbocycles. The molecule has 0 saturated carbocycles. The van der Waals surface area contributed by atoms with Crippen LogP contribution in [0.15, 0.2) is 18.2 Å². The van der Waals surface area contributed by atoms with Gasteiger partial charge in [0.2, 0.25) is 0 Å². The number of nitrogens with zero attached hydrogens (tertiary/aromatic N) is 3. The largest absolute Gasteiger partial charge is 0.298 e. The van der Waals surface area contributed by atoms with E-state index in [0.29, 0.717) is 0 Å². The van der Waals surface area contributed by atoms with Gasteiger partial charge in [0.15, 0.2) is 0 Å². The lowest BCUT2D eigenvalue weighted by molar-refractivity contribution is 0.390. The number of aryl methyl sites for hydroxylation is 1. The fraction of sp³-hybridized carbons (Fsp3) is 0.625. The van der Waals surface area contributed by atoms with E-state index in [1.807, 2.05) is 10.7 Å². The zero-order chi connectivity index (χ0) is 14.4. The zero-order valence-corrected chi connectivity index (χ0v) is 12.9. The van der Waals surface area contributed by atoms with Gasteiger partial charge in [-0.25, -0.2) is 4.68 Å². The first-order valence-electron chi connectivity index (χ1n) is 7.75. The smallest absolute Gasteiger partial charge is 0.113 e. The molecule has 110 valence electrons. The first-order chi connectivity index (χ1) is 9.74. The van der Waals surface area contributed by atoms with Crippen molar-refractivity contribution in [1.82, 2.24) is 20.3 Å². The van der Waals surface area contributed by atoms with Gasteiger partial charge in [-0.1, -0.05) is 44.4 Å². The topological polar surface area (TPSA) is 42.7 Å². The molecule has 0 aliphatic heterocycles. The molecule has 0 radical (unpaired) electrons. The predicted molar refractivity (Wildman–Crippen MR) is 83.6 cm³/mol. The molecule has 0 spiro atoms. The van der Waals surface area contributed by atoms with Crippen molar-refractivity contribution < 1.29 is 0 Å². The number of aromatic nitrogens is 3. The van der Waals surface area contributed by atoms with E-state index in [4.69, 9.17) is 0 Å². The number of fused-ring (bicyclic) bond motifs is 1. The summed E-state index contributed by atoms with van der Waals surface area (Å²) in [4.78, 5) is 0. The molecule has 0 bridgehead atoms. The predicted octanol–water partition coefficient (Wildman–Crippen LogP) is 3.50. The van der Waals surface area contributed by atoms with Gasteiger partial charge < -0.3 is 0 Å². The van der Waals surface area contributed by atoms with Crippen LogP contribution in [0.2, 0.25) is 0 Å². The highest BCUT2D eigenvalue weighted by Gasteiger charge is 2.07. The number of hydrogen-bond acceptors (Lipinski definition) is 3. The Morgan fingerprint density at radius 1 is 1.30 bits per heavy atom. The molecule has 1 N–H and O–H groups in total. The Morgan fingerprint density at radius 2 is 2.15 bits per heavy atom. The van der Waals surface area contributed by atoms with E-state index < -0.39 is 0 Å². The third-order valence-electron chi connectivity index (χ3n) is 3.91. The van der Waals surface area contributed by atoms with Crippen molar-refractivity contribution >= 4 is 11.0 Å². The van der Waals surface area contributed by atoms with Crippen LogP contribution in [0.3, 0.4) is 0 Å². The molecule has 0 aliphatic carbocycles. The molecule has 1 atom stereocenters. The SMILES string of the molecule is CCCCC(CC)CNCn1nnc2ccc(C)cc21. The lowest BCUT2D eigenvalue weighted by atomic mass is 9.99. The van der Waals surface area contributed by atoms with Gasteiger partial charge in [-0.3, -0.25) is 5.32 Å². The molecular weight excluding hydrogens is 248 g/mol. The van der Waals surface area contributed by atoms with Gasteiger partial charge in [-0.15, -0.1) is 5.10 Å². The van der Waals surface area contributed by atoms with E-state index in [1.54, 1.807) is 0 Å². The number of hydrogen-bond donors (Lipinski definition) is 1. The third-order valence-corrected chi connectivity index (χ3v) is 3.91. The second kappa shape index (κ2) is 7.39. The van der Waals surface area contributed by atoms with Crippen LogP contribution in [0.5, 0.6) is 0 Å². The van der Waals surface area contributed by atoms with Crippen LogP contribution >= 0.6 is 0 Å². The maximum atomic E-state index is 4.23. The van der Waals surface area contributed by atoms with E-state index in [-0.39, 0.29) is 0 Å². The molecular formula is C16H26N4. The fourth-order valence-corrected chi connectivity index (χ4v) is 2.51. The lowest BCUT2D eigenvalue weighted by Gasteiger charge is -2.15. The van der Waals surface area contributed by atoms with Crippen molar-refractivity contribution in [2.45, 2.75) is 53.1 Å². The lowest BCUT2D eigenvalue weighted by Crippen LogP contribution is -2.25. The first-order valence-corrected chi connectivity index (χ1v) is 7.75. The van der Waals surface area contributed by atoms with Crippen molar-refractivity contribution in [1.29, 1.82) is 0 Å². The molecule has 4 nitrogen and oxygen atoms in total.